The van der Waals surface area contributed by atoms with E-state index in [1.165, 1.54) is 37.9 Å². The van der Waals surface area contributed by atoms with E-state index in [-0.39, 0.29) is 5.54 Å². The third-order valence-electron chi connectivity index (χ3n) is 5.33. The lowest BCUT2D eigenvalue weighted by atomic mass is 9.87. The number of benzene rings is 1. The molecular formula is C16H22N4. The molecule has 20 heavy (non-hydrogen) atoms. The Morgan fingerprint density at radius 3 is 2.95 bits per heavy atom. The van der Waals surface area contributed by atoms with E-state index in [2.05, 4.69) is 45.1 Å². The van der Waals surface area contributed by atoms with Gasteiger partial charge in [0.2, 0.25) is 0 Å². The number of nitrogens with zero attached hydrogens (tertiary/aromatic N) is 3. The number of hydrogen-bond donors (Lipinski definition) is 1. The Balaban J connectivity index is 1.64. The van der Waals surface area contributed by atoms with Crippen molar-refractivity contribution >= 4 is 5.96 Å². The average Bonchev–Trinajstić information content (AvgIpc) is 3.13. The second-order valence-electron chi connectivity index (χ2n) is 6.29. The maximum Gasteiger partial charge on any atom is 0.192 e. The van der Waals surface area contributed by atoms with Gasteiger partial charge in [-0.2, -0.15) is 0 Å². The van der Waals surface area contributed by atoms with Crippen LogP contribution in [0.5, 0.6) is 0 Å². The van der Waals surface area contributed by atoms with Crippen molar-refractivity contribution in [3.63, 3.8) is 0 Å². The number of nitrogens with two attached hydrogens (primary N) is 1. The van der Waals surface area contributed by atoms with Gasteiger partial charge in [-0.15, -0.1) is 0 Å². The summed E-state index contributed by atoms with van der Waals surface area (Å²) in [4.78, 5) is 9.64. The zero-order chi connectivity index (χ0) is 13.6. The molecule has 106 valence electrons. The highest BCUT2D eigenvalue weighted by atomic mass is 15.4. The molecule has 2 unspecified atom stereocenters. The van der Waals surface area contributed by atoms with Gasteiger partial charge in [-0.05, 0) is 31.4 Å². The minimum atomic E-state index is 0.163. The monoisotopic (exact) mass is 270 g/mol. The smallest absolute Gasteiger partial charge is 0.192 e. The molecule has 4 heteroatoms. The van der Waals surface area contributed by atoms with Crippen molar-refractivity contribution in [2.45, 2.75) is 37.4 Å². The minimum absolute atomic E-state index is 0.163. The van der Waals surface area contributed by atoms with E-state index in [4.69, 9.17) is 5.73 Å². The highest BCUT2D eigenvalue weighted by Gasteiger charge is 2.55. The largest absolute Gasteiger partial charge is 0.370 e. The van der Waals surface area contributed by atoms with Crippen LogP contribution < -0.4 is 5.73 Å². The van der Waals surface area contributed by atoms with Crippen LogP contribution >= 0.6 is 0 Å². The molecule has 2 fully saturated rings. The first-order valence-electron chi connectivity index (χ1n) is 7.65. The van der Waals surface area contributed by atoms with Crippen molar-refractivity contribution in [3.05, 3.63) is 35.9 Å². The minimum Gasteiger partial charge on any atom is -0.370 e. The second-order valence-corrected chi connectivity index (χ2v) is 6.29. The first-order valence-corrected chi connectivity index (χ1v) is 7.65. The predicted molar refractivity (Wildman–Crippen MR) is 80.4 cm³/mol. The second kappa shape index (κ2) is 4.48. The zero-order valence-corrected chi connectivity index (χ0v) is 11.8. The molecule has 0 bridgehead atoms. The van der Waals surface area contributed by atoms with Gasteiger partial charge in [0.15, 0.2) is 5.96 Å². The molecule has 3 aliphatic rings. The summed E-state index contributed by atoms with van der Waals surface area (Å²) in [6.07, 6.45) is 3.83. The highest BCUT2D eigenvalue weighted by molar-refractivity contribution is 5.81. The molecule has 0 aliphatic carbocycles. The van der Waals surface area contributed by atoms with Gasteiger partial charge in [-0.25, -0.2) is 0 Å². The van der Waals surface area contributed by atoms with E-state index in [1.807, 2.05) is 0 Å². The lowest BCUT2D eigenvalue weighted by Gasteiger charge is -2.40. The lowest BCUT2D eigenvalue weighted by Crippen LogP contribution is -2.56. The summed E-state index contributed by atoms with van der Waals surface area (Å²) in [6, 6.07) is 11.3. The quantitative estimate of drug-likeness (QED) is 0.884. The molecule has 0 radical (unpaired) electrons. The van der Waals surface area contributed by atoms with Crippen LogP contribution in [0.4, 0.5) is 0 Å². The van der Waals surface area contributed by atoms with E-state index in [0.29, 0.717) is 6.04 Å². The van der Waals surface area contributed by atoms with Gasteiger partial charge in [0.05, 0.1) is 12.1 Å². The van der Waals surface area contributed by atoms with E-state index in [9.17, 15) is 0 Å². The topological polar surface area (TPSA) is 44.9 Å². The van der Waals surface area contributed by atoms with Gasteiger partial charge in [0, 0.05) is 19.1 Å². The molecule has 2 atom stereocenters. The molecule has 3 heterocycles. The van der Waals surface area contributed by atoms with Crippen LogP contribution in [0.25, 0.3) is 0 Å². The van der Waals surface area contributed by atoms with Gasteiger partial charge in [-0.3, -0.25) is 9.89 Å². The van der Waals surface area contributed by atoms with E-state index in [0.717, 1.165) is 19.0 Å². The van der Waals surface area contributed by atoms with Gasteiger partial charge in [0.1, 0.15) is 0 Å². The average molecular weight is 270 g/mol. The first-order chi connectivity index (χ1) is 9.79. The third-order valence-corrected chi connectivity index (χ3v) is 5.33. The molecule has 0 saturated carbocycles. The van der Waals surface area contributed by atoms with Crippen molar-refractivity contribution in [3.8, 4) is 0 Å². The number of rotatable bonds is 2. The Labute approximate surface area is 120 Å². The SMILES string of the molecule is NC1=NCC2(CCN3CCCC32)N1Cc1ccccc1. The summed E-state index contributed by atoms with van der Waals surface area (Å²) in [5, 5.41) is 0. The van der Waals surface area contributed by atoms with Crippen molar-refractivity contribution in [2.24, 2.45) is 10.7 Å². The molecule has 0 aromatic heterocycles. The number of hydrogen-bond acceptors (Lipinski definition) is 4. The maximum atomic E-state index is 6.22. The van der Waals surface area contributed by atoms with E-state index < -0.39 is 0 Å². The Morgan fingerprint density at radius 1 is 1.25 bits per heavy atom. The highest BCUT2D eigenvalue weighted by Crippen LogP contribution is 2.43. The Morgan fingerprint density at radius 2 is 2.10 bits per heavy atom. The molecular weight excluding hydrogens is 248 g/mol. The molecule has 1 spiro atoms. The molecule has 0 amide bonds. The summed E-state index contributed by atoms with van der Waals surface area (Å²) in [7, 11) is 0. The standard InChI is InChI=1S/C16H22N4/c17-15-18-12-16(8-10-19-9-4-7-14(16)19)20(15)11-13-5-2-1-3-6-13/h1-3,5-6,14H,4,7-12H2,(H2,17,18). The van der Waals surface area contributed by atoms with Gasteiger partial charge < -0.3 is 10.6 Å². The summed E-state index contributed by atoms with van der Waals surface area (Å²) in [6.45, 7) is 4.23. The fraction of sp³-hybridized carbons (Fsp3) is 0.562. The van der Waals surface area contributed by atoms with Crippen molar-refractivity contribution in [1.29, 1.82) is 0 Å². The first kappa shape index (κ1) is 12.2. The van der Waals surface area contributed by atoms with Crippen LogP contribution in [0, 0.1) is 0 Å². The molecule has 2 saturated heterocycles. The van der Waals surface area contributed by atoms with Crippen LogP contribution in [0.1, 0.15) is 24.8 Å². The molecule has 1 aromatic rings. The van der Waals surface area contributed by atoms with Crippen LogP contribution in [-0.2, 0) is 6.54 Å². The Bertz CT molecular complexity index is 527. The summed E-state index contributed by atoms with van der Waals surface area (Å²) < 4.78 is 0. The Hall–Kier alpha value is -1.55. The van der Waals surface area contributed by atoms with Gasteiger partial charge in [-0.1, -0.05) is 30.3 Å². The van der Waals surface area contributed by atoms with Crippen molar-refractivity contribution < 1.29 is 0 Å². The molecule has 1 aromatic carbocycles. The number of fused-ring (bicyclic) bond motifs is 2. The lowest BCUT2D eigenvalue weighted by molar-refractivity contribution is 0.142. The van der Waals surface area contributed by atoms with E-state index in [1.54, 1.807) is 0 Å². The summed E-state index contributed by atoms with van der Waals surface area (Å²) in [5.41, 5.74) is 7.71. The third kappa shape index (κ3) is 1.67. The van der Waals surface area contributed by atoms with Crippen molar-refractivity contribution in [2.75, 3.05) is 19.6 Å². The normalized spacial score (nSPS) is 32.9. The molecule has 4 nitrogen and oxygen atoms in total. The zero-order valence-electron chi connectivity index (χ0n) is 11.8. The predicted octanol–water partition coefficient (Wildman–Crippen LogP) is 1.42. The number of aliphatic imine (C=N–C) groups is 1. The summed E-state index contributed by atoms with van der Waals surface area (Å²) >= 11 is 0. The summed E-state index contributed by atoms with van der Waals surface area (Å²) in [5.74, 6) is 0.739. The van der Waals surface area contributed by atoms with Gasteiger partial charge in [0.25, 0.3) is 0 Å². The van der Waals surface area contributed by atoms with Gasteiger partial charge >= 0.3 is 0 Å². The van der Waals surface area contributed by atoms with Crippen LogP contribution in [-0.4, -0.2) is 47.0 Å². The fourth-order valence-corrected chi connectivity index (χ4v) is 4.33. The molecule has 4 rings (SSSR count). The van der Waals surface area contributed by atoms with Crippen LogP contribution in [0.2, 0.25) is 0 Å². The molecule has 3 aliphatic heterocycles. The van der Waals surface area contributed by atoms with Crippen molar-refractivity contribution in [1.82, 2.24) is 9.80 Å². The van der Waals surface area contributed by atoms with E-state index >= 15 is 0 Å². The Kier molecular flexibility index (Phi) is 2.74. The van der Waals surface area contributed by atoms with Crippen LogP contribution in [0.3, 0.4) is 0 Å². The maximum absolute atomic E-state index is 6.22. The molecule has 2 N–H and O–H groups in total. The fourth-order valence-electron chi connectivity index (χ4n) is 4.33. The number of guanidine groups is 1. The van der Waals surface area contributed by atoms with Crippen LogP contribution in [0.15, 0.2) is 35.3 Å².